The predicted octanol–water partition coefficient (Wildman–Crippen LogP) is 2.51. The lowest BCUT2D eigenvalue weighted by atomic mass is 10.2. The highest BCUT2D eigenvalue weighted by molar-refractivity contribution is 9.10. The van der Waals surface area contributed by atoms with E-state index in [1.807, 2.05) is 13.0 Å². The van der Waals surface area contributed by atoms with E-state index in [-0.39, 0.29) is 5.91 Å². The minimum absolute atomic E-state index is 0.226. The molecule has 2 aromatic rings. The largest absolute Gasteiger partial charge is 0.486 e. The van der Waals surface area contributed by atoms with Gasteiger partial charge in [-0.2, -0.15) is 5.10 Å². The highest BCUT2D eigenvalue weighted by Crippen LogP contribution is 2.38. The third-order valence-corrected chi connectivity index (χ3v) is 3.69. The number of carbonyl (C=O) groups excluding carboxylic acids is 1. The fourth-order valence-electron chi connectivity index (χ4n) is 2.16. The molecule has 1 N–H and O–H groups in total. The van der Waals surface area contributed by atoms with Crippen LogP contribution in [0.3, 0.4) is 0 Å². The molecule has 0 saturated heterocycles. The van der Waals surface area contributed by atoms with Crippen LogP contribution in [-0.2, 0) is 7.05 Å². The Bertz CT molecular complexity index is 712. The van der Waals surface area contributed by atoms with E-state index in [0.717, 1.165) is 5.69 Å². The summed E-state index contributed by atoms with van der Waals surface area (Å²) in [5.41, 5.74) is 1.33. The van der Waals surface area contributed by atoms with Crippen molar-refractivity contribution in [2.45, 2.75) is 6.92 Å². The molecule has 0 aliphatic carbocycles. The van der Waals surface area contributed by atoms with E-state index >= 15 is 0 Å². The fourth-order valence-corrected chi connectivity index (χ4v) is 2.71. The van der Waals surface area contributed by atoms with Gasteiger partial charge in [0.1, 0.15) is 19.0 Å². The summed E-state index contributed by atoms with van der Waals surface area (Å²) >= 11 is 3.40. The van der Waals surface area contributed by atoms with E-state index in [1.54, 1.807) is 23.9 Å². The molecule has 0 spiro atoms. The number of carbonyl (C=O) groups is 1. The number of nitrogens with one attached hydrogen (secondary N) is 1. The minimum atomic E-state index is -0.226. The van der Waals surface area contributed by atoms with Gasteiger partial charge < -0.3 is 14.8 Å². The van der Waals surface area contributed by atoms with Gasteiger partial charge in [-0.25, -0.2) is 0 Å². The average molecular weight is 352 g/mol. The number of anilines is 1. The monoisotopic (exact) mass is 351 g/mol. The van der Waals surface area contributed by atoms with E-state index in [1.165, 1.54) is 0 Å². The second kappa shape index (κ2) is 5.40. The number of benzene rings is 1. The molecule has 2 heterocycles. The van der Waals surface area contributed by atoms with Crippen molar-refractivity contribution in [1.82, 2.24) is 9.78 Å². The van der Waals surface area contributed by atoms with Crippen molar-refractivity contribution >= 4 is 27.7 Å². The van der Waals surface area contributed by atoms with Crippen molar-refractivity contribution in [1.29, 1.82) is 0 Å². The average Bonchev–Trinajstić information content (AvgIpc) is 2.77. The Morgan fingerprint density at radius 1 is 1.33 bits per heavy atom. The van der Waals surface area contributed by atoms with Crippen molar-refractivity contribution in [3.05, 3.63) is 33.9 Å². The smallest absolute Gasteiger partial charge is 0.256 e. The molecule has 21 heavy (non-hydrogen) atoms. The zero-order valence-electron chi connectivity index (χ0n) is 11.6. The number of halogens is 1. The molecule has 6 nitrogen and oxygen atoms in total. The van der Waals surface area contributed by atoms with Crippen LogP contribution in [0.4, 0.5) is 5.82 Å². The van der Waals surface area contributed by atoms with Crippen molar-refractivity contribution in [3.8, 4) is 11.5 Å². The van der Waals surface area contributed by atoms with Crippen LogP contribution in [0.15, 0.2) is 22.7 Å². The molecule has 3 rings (SSSR count). The number of hydrogen-bond donors (Lipinski definition) is 1. The molecule has 0 unspecified atom stereocenters. The molecule has 0 bridgehead atoms. The topological polar surface area (TPSA) is 65.4 Å². The van der Waals surface area contributed by atoms with Crippen molar-refractivity contribution < 1.29 is 14.3 Å². The Kier molecular flexibility index (Phi) is 3.59. The molecule has 1 aromatic carbocycles. The first-order chi connectivity index (χ1) is 10.0. The number of hydrogen-bond acceptors (Lipinski definition) is 4. The van der Waals surface area contributed by atoms with Gasteiger partial charge in [0.05, 0.1) is 10.2 Å². The van der Waals surface area contributed by atoms with Gasteiger partial charge in [-0.3, -0.25) is 9.48 Å². The van der Waals surface area contributed by atoms with Crippen LogP contribution >= 0.6 is 15.9 Å². The van der Waals surface area contributed by atoms with Crippen LogP contribution in [0, 0.1) is 6.92 Å². The van der Waals surface area contributed by atoms with Crippen molar-refractivity contribution in [2.75, 3.05) is 18.5 Å². The van der Waals surface area contributed by atoms with Gasteiger partial charge in [-0.15, -0.1) is 0 Å². The van der Waals surface area contributed by atoms with Gasteiger partial charge in [0.2, 0.25) is 0 Å². The molecule has 1 aliphatic heterocycles. The minimum Gasteiger partial charge on any atom is -0.486 e. The Balaban J connectivity index is 1.88. The van der Waals surface area contributed by atoms with Crippen molar-refractivity contribution in [2.24, 2.45) is 7.05 Å². The lowest BCUT2D eigenvalue weighted by molar-refractivity contribution is 0.102. The highest BCUT2D eigenvalue weighted by Gasteiger charge is 2.19. The Morgan fingerprint density at radius 2 is 2.10 bits per heavy atom. The zero-order valence-corrected chi connectivity index (χ0v) is 13.2. The van der Waals surface area contributed by atoms with Crippen LogP contribution in [0.2, 0.25) is 0 Å². The zero-order chi connectivity index (χ0) is 15.0. The quantitative estimate of drug-likeness (QED) is 0.902. The SMILES string of the molecule is Cc1cc(NC(=O)c2cc(Br)c3c(c2)OCCO3)n(C)n1. The van der Waals surface area contributed by atoms with Gasteiger partial charge in [0, 0.05) is 18.7 Å². The van der Waals surface area contributed by atoms with E-state index in [4.69, 9.17) is 9.47 Å². The predicted molar refractivity (Wildman–Crippen MR) is 81.0 cm³/mol. The summed E-state index contributed by atoms with van der Waals surface area (Å²) in [7, 11) is 1.78. The van der Waals surface area contributed by atoms with Crippen LogP contribution in [0.1, 0.15) is 16.1 Å². The molecule has 110 valence electrons. The Hall–Kier alpha value is -2.02. The number of rotatable bonds is 2. The molecule has 0 fully saturated rings. The summed E-state index contributed by atoms with van der Waals surface area (Å²) in [4.78, 5) is 12.3. The van der Waals surface area contributed by atoms with E-state index in [2.05, 4.69) is 26.3 Å². The summed E-state index contributed by atoms with van der Waals surface area (Å²) in [5.74, 6) is 1.62. The summed E-state index contributed by atoms with van der Waals surface area (Å²) in [5, 5.41) is 7.02. The number of aromatic nitrogens is 2. The van der Waals surface area contributed by atoms with Crippen molar-refractivity contribution in [3.63, 3.8) is 0 Å². The second-order valence-corrected chi connectivity index (χ2v) is 5.59. The molecule has 0 saturated carbocycles. The molecular formula is C14H14BrN3O3. The number of ether oxygens (including phenoxy) is 2. The maximum Gasteiger partial charge on any atom is 0.256 e. The number of amides is 1. The van der Waals surface area contributed by atoms with Crippen LogP contribution in [0.5, 0.6) is 11.5 Å². The second-order valence-electron chi connectivity index (χ2n) is 4.73. The third-order valence-electron chi connectivity index (χ3n) is 3.10. The van der Waals surface area contributed by atoms with E-state index in [9.17, 15) is 4.79 Å². The van der Waals surface area contributed by atoms with Gasteiger partial charge in [-0.1, -0.05) is 0 Å². The molecule has 1 amide bonds. The first kappa shape index (κ1) is 13.9. The summed E-state index contributed by atoms with van der Waals surface area (Å²) < 4.78 is 13.4. The Labute approximate surface area is 130 Å². The van der Waals surface area contributed by atoms with Gasteiger partial charge in [0.25, 0.3) is 5.91 Å². The first-order valence-corrected chi connectivity index (χ1v) is 7.25. The molecule has 1 aliphatic rings. The molecule has 1 aromatic heterocycles. The van der Waals surface area contributed by atoms with Gasteiger partial charge in [0.15, 0.2) is 11.5 Å². The fraction of sp³-hybridized carbons (Fsp3) is 0.286. The lowest BCUT2D eigenvalue weighted by Crippen LogP contribution is -2.18. The standard InChI is InChI=1S/C14H14BrN3O3/c1-8-5-12(18(2)17-8)16-14(19)9-6-10(15)13-11(7-9)20-3-4-21-13/h5-7H,3-4H2,1-2H3,(H,16,19). The van der Waals surface area contributed by atoms with E-state index < -0.39 is 0 Å². The number of fused-ring (bicyclic) bond motifs is 1. The van der Waals surface area contributed by atoms with Crippen LogP contribution < -0.4 is 14.8 Å². The van der Waals surface area contributed by atoms with Gasteiger partial charge in [-0.05, 0) is 35.0 Å². The maximum atomic E-state index is 12.3. The first-order valence-electron chi connectivity index (χ1n) is 6.46. The molecular weight excluding hydrogens is 338 g/mol. The van der Waals surface area contributed by atoms with Gasteiger partial charge >= 0.3 is 0 Å². The number of aryl methyl sites for hydroxylation is 2. The maximum absolute atomic E-state index is 12.3. The molecule has 7 heteroatoms. The Morgan fingerprint density at radius 3 is 2.81 bits per heavy atom. The van der Waals surface area contributed by atoms with E-state index in [0.29, 0.717) is 40.6 Å². The molecule has 0 radical (unpaired) electrons. The molecule has 0 atom stereocenters. The third kappa shape index (κ3) is 2.73. The normalized spacial score (nSPS) is 13.1. The summed E-state index contributed by atoms with van der Waals surface area (Å²) in [6, 6.07) is 5.20. The van der Waals surface area contributed by atoms with Crippen LogP contribution in [0.25, 0.3) is 0 Å². The van der Waals surface area contributed by atoms with Crippen LogP contribution in [-0.4, -0.2) is 28.9 Å². The highest BCUT2D eigenvalue weighted by atomic mass is 79.9. The summed E-state index contributed by atoms with van der Waals surface area (Å²) in [6.45, 7) is 2.85. The summed E-state index contributed by atoms with van der Waals surface area (Å²) in [6.07, 6.45) is 0. The number of nitrogens with zero attached hydrogens (tertiary/aromatic N) is 2. The lowest BCUT2D eigenvalue weighted by Gasteiger charge is -2.20.